The summed E-state index contributed by atoms with van der Waals surface area (Å²) in [4.78, 5) is 3.78. The van der Waals surface area contributed by atoms with E-state index in [9.17, 15) is 0 Å². The van der Waals surface area contributed by atoms with Crippen molar-refractivity contribution in [3.63, 3.8) is 0 Å². The molecule has 0 bridgehead atoms. The number of guanidine groups is 1. The summed E-state index contributed by atoms with van der Waals surface area (Å²) in [5.41, 5.74) is 6.63. The lowest BCUT2D eigenvalue weighted by atomic mass is 10.2. The molecule has 0 fully saturated rings. The Morgan fingerprint density at radius 3 is 3.00 bits per heavy atom. The van der Waals surface area contributed by atoms with Crippen molar-refractivity contribution < 1.29 is 4.42 Å². The second kappa shape index (κ2) is 4.54. The molecule has 0 aliphatic carbocycles. The average molecular weight is 181 g/mol. The molecule has 0 aliphatic rings. The summed E-state index contributed by atoms with van der Waals surface area (Å²) in [6, 6.07) is 2.01. The monoisotopic (exact) mass is 181 g/mol. The van der Waals surface area contributed by atoms with Crippen LogP contribution < -0.4 is 11.1 Å². The summed E-state index contributed by atoms with van der Waals surface area (Å²) in [5, 5.41) is 2.98. The van der Waals surface area contributed by atoms with Crippen LogP contribution in [0.5, 0.6) is 0 Å². The second-order valence-corrected chi connectivity index (χ2v) is 2.85. The zero-order valence-corrected chi connectivity index (χ0v) is 8.00. The van der Waals surface area contributed by atoms with Gasteiger partial charge in [0, 0.05) is 13.6 Å². The zero-order chi connectivity index (χ0) is 9.68. The van der Waals surface area contributed by atoms with Crippen LogP contribution in [0.4, 0.5) is 0 Å². The highest BCUT2D eigenvalue weighted by molar-refractivity contribution is 5.77. The van der Waals surface area contributed by atoms with Crippen molar-refractivity contribution in [2.75, 3.05) is 13.6 Å². The fourth-order valence-corrected chi connectivity index (χ4v) is 1.04. The number of aliphatic imine (C=N–C) groups is 1. The number of nitrogens with zero attached hydrogens (tertiary/aromatic N) is 1. The lowest BCUT2D eigenvalue weighted by molar-refractivity contribution is 0.531. The predicted molar refractivity (Wildman–Crippen MR) is 52.7 cm³/mol. The average Bonchev–Trinajstić information content (AvgIpc) is 2.51. The van der Waals surface area contributed by atoms with Gasteiger partial charge in [0.05, 0.1) is 6.26 Å². The van der Waals surface area contributed by atoms with Gasteiger partial charge in [-0.15, -0.1) is 0 Å². The highest BCUT2D eigenvalue weighted by atomic mass is 16.3. The van der Waals surface area contributed by atoms with Gasteiger partial charge in [0.25, 0.3) is 0 Å². The molecule has 4 nitrogen and oxygen atoms in total. The summed E-state index contributed by atoms with van der Waals surface area (Å²) < 4.78 is 5.16. The van der Waals surface area contributed by atoms with Crippen LogP contribution in [0, 0.1) is 6.92 Å². The number of nitrogens with one attached hydrogen (secondary N) is 1. The second-order valence-electron chi connectivity index (χ2n) is 2.85. The number of nitrogens with two attached hydrogens (primary N) is 1. The Kier molecular flexibility index (Phi) is 3.37. The van der Waals surface area contributed by atoms with E-state index in [1.165, 1.54) is 5.56 Å². The Morgan fingerprint density at radius 1 is 1.69 bits per heavy atom. The third kappa shape index (κ3) is 3.19. The van der Waals surface area contributed by atoms with Crippen LogP contribution in [0.25, 0.3) is 0 Å². The van der Waals surface area contributed by atoms with Crippen molar-refractivity contribution in [3.05, 3.63) is 23.7 Å². The number of aryl methyl sites for hydroxylation is 1. The quantitative estimate of drug-likeness (QED) is 0.532. The van der Waals surface area contributed by atoms with Gasteiger partial charge < -0.3 is 15.5 Å². The molecule has 1 heterocycles. The van der Waals surface area contributed by atoms with Crippen molar-refractivity contribution in [2.45, 2.75) is 13.3 Å². The fraction of sp³-hybridized carbons (Fsp3) is 0.444. The van der Waals surface area contributed by atoms with Crippen molar-refractivity contribution >= 4 is 5.96 Å². The first-order valence-corrected chi connectivity index (χ1v) is 4.22. The first kappa shape index (κ1) is 9.64. The van der Waals surface area contributed by atoms with Crippen LogP contribution in [-0.4, -0.2) is 19.6 Å². The molecule has 0 spiro atoms. The van der Waals surface area contributed by atoms with Gasteiger partial charge in [-0.05, 0) is 25.0 Å². The maximum absolute atomic E-state index is 5.46. The summed E-state index contributed by atoms with van der Waals surface area (Å²) in [5.74, 6) is 1.41. The number of hydrogen-bond donors (Lipinski definition) is 2. The fourth-order valence-electron chi connectivity index (χ4n) is 1.04. The van der Waals surface area contributed by atoms with E-state index in [0.29, 0.717) is 5.96 Å². The van der Waals surface area contributed by atoms with Gasteiger partial charge in [0.2, 0.25) is 0 Å². The summed E-state index contributed by atoms with van der Waals surface area (Å²) in [6.07, 6.45) is 2.66. The van der Waals surface area contributed by atoms with Gasteiger partial charge in [-0.3, -0.25) is 4.99 Å². The molecule has 0 saturated carbocycles. The highest BCUT2D eigenvalue weighted by Gasteiger charge is 1.97. The molecule has 0 aromatic carbocycles. The minimum absolute atomic E-state index is 0.472. The molecular formula is C9H15N3O. The van der Waals surface area contributed by atoms with Crippen molar-refractivity contribution in [1.29, 1.82) is 0 Å². The Bertz CT molecular complexity index is 291. The maximum atomic E-state index is 5.46. The van der Waals surface area contributed by atoms with Crippen LogP contribution in [0.2, 0.25) is 0 Å². The molecule has 1 aromatic heterocycles. The van der Waals surface area contributed by atoms with Crippen LogP contribution >= 0.6 is 0 Å². The van der Waals surface area contributed by atoms with Gasteiger partial charge >= 0.3 is 0 Å². The molecule has 1 aromatic rings. The molecule has 0 amide bonds. The van der Waals surface area contributed by atoms with E-state index in [1.54, 1.807) is 13.3 Å². The third-order valence-electron chi connectivity index (χ3n) is 1.75. The van der Waals surface area contributed by atoms with Crippen LogP contribution in [-0.2, 0) is 6.42 Å². The lowest BCUT2D eigenvalue weighted by Gasteiger charge is -2.01. The normalized spacial score (nSPS) is 11.7. The molecule has 72 valence electrons. The van der Waals surface area contributed by atoms with Gasteiger partial charge in [-0.1, -0.05) is 0 Å². The maximum Gasteiger partial charge on any atom is 0.188 e. The van der Waals surface area contributed by atoms with Gasteiger partial charge in [0.15, 0.2) is 5.96 Å². The van der Waals surface area contributed by atoms with E-state index in [1.807, 2.05) is 13.0 Å². The molecule has 0 radical (unpaired) electrons. The molecule has 0 atom stereocenters. The molecule has 3 N–H and O–H groups in total. The van der Waals surface area contributed by atoms with Crippen molar-refractivity contribution in [1.82, 2.24) is 5.32 Å². The highest BCUT2D eigenvalue weighted by Crippen LogP contribution is 2.05. The van der Waals surface area contributed by atoms with Gasteiger partial charge in [0.1, 0.15) is 5.76 Å². The third-order valence-corrected chi connectivity index (χ3v) is 1.75. The SMILES string of the molecule is CN=C(N)NCCc1coc(C)c1. The molecule has 0 unspecified atom stereocenters. The molecule has 1 rings (SSSR count). The molecule has 0 aliphatic heterocycles. The first-order chi connectivity index (χ1) is 6.22. The number of rotatable bonds is 3. The minimum Gasteiger partial charge on any atom is -0.469 e. The topological polar surface area (TPSA) is 63.5 Å². The lowest BCUT2D eigenvalue weighted by Crippen LogP contribution is -2.32. The number of hydrogen-bond acceptors (Lipinski definition) is 2. The van der Waals surface area contributed by atoms with E-state index in [4.69, 9.17) is 10.2 Å². The van der Waals surface area contributed by atoms with Crippen molar-refractivity contribution in [2.24, 2.45) is 10.7 Å². The van der Waals surface area contributed by atoms with E-state index in [2.05, 4.69) is 10.3 Å². The van der Waals surface area contributed by atoms with E-state index < -0.39 is 0 Å². The smallest absolute Gasteiger partial charge is 0.188 e. The Labute approximate surface area is 77.8 Å². The van der Waals surface area contributed by atoms with Gasteiger partial charge in [-0.25, -0.2) is 0 Å². The minimum atomic E-state index is 0.472. The van der Waals surface area contributed by atoms with E-state index in [0.717, 1.165) is 18.7 Å². The van der Waals surface area contributed by atoms with Gasteiger partial charge in [-0.2, -0.15) is 0 Å². The molecule has 0 saturated heterocycles. The van der Waals surface area contributed by atoms with Crippen LogP contribution in [0.3, 0.4) is 0 Å². The van der Waals surface area contributed by atoms with Crippen LogP contribution in [0.15, 0.2) is 21.7 Å². The molecular weight excluding hydrogens is 166 g/mol. The van der Waals surface area contributed by atoms with E-state index in [-0.39, 0.29) is 0 Å². The zero-order valence-electron chi connectivity index (χ0n) is 8.00. The Morgan fingerprint density at radius 2 is 2.46 bits per heavy atom. The molecule has 13 heavy (non-hydrogen) atoms. The first-order valence-electron chi connectivity index (χ1n) is 4.22. The molecule has 4 heteroatoms. The van der Waals surface area contributed by atoms with Crippen molar-refractivity contribution in [3.8, 4) is 0 Å². The summed E-state index contributed by atoms with van der Waals surface area (Å²) >= 11 is 0. The Balaban J connectivity index is 2.28. The summed E-state index contributed by atoms with van der Waals surface area (Å²) in [7, 11) is 1.66. The largest absolute Gasteiger partial charge is 0.469 e. The standard InChI is InChI=1S/C9H15N3O/c1-7-5-8(6-13-7)3-4-12-9(10)11-2/h5-6H,3-4H2,1-2H3,(H3,10,11,12). The number of furan rings is 1. The summed E-state index contributed by atoms with van der Waals surface area (Å²) in [6.45, 7) is 2.71. The Hall–Kier alpha value is -1.45. The van der Waals surface area contributed by atoms with Crippen LogP contribution in [0.1, 0.15) is 11.3 Å². The predicted octanol–water partition coefficient (Wildman–Crippen LogP) is 0.665. The van der Waals surface area contributed by atoms with E-state index >= 15 is 0 Å².